The molecule has 10 nitrogen and oxygen atoms in total. The summed E-state index contributed by atoms with van der Waals surface area (Å²) in [5.41, 5.74) is 0.418. The molecule has 33 heavy (non-hydrogen) atoms. The van der Waals surface area contributed by atoms with Gasteiger partial charge in [0.25, 0.3) is 0 Å². The van der Waals surface area contributed by atoms with Gasteiger partial charge in [0, 0.05) is 40.3 Å². The Morgan fingerprint density at radius 2 is 1.39 bits per heavy atom. The molecule has 0 radical (unpaired) electrons. The molecule has 2 amide bonds. The van der Waals surface area contributed by atoms with Crippen LogP contribution in [0.5, 0.6) is 0 Å². The fourth-order valence-corrected chi connectivity index (χ4v) is 4.52. The average Bonchev–Trinajstić information content (AvgIpc) is 3.53. The van der Waals surface area contributed by atoms with Crippen molar-refractivity contribution < 1.29 is 9.59 Å². The fourth-order valence-electron chi connectivity index (χ4n) is 4.52. The Kier molecular flexibility index (Phi) is 6.45. The van der Waals surface area contributed by atoms with E-state index in [4.69, 9.17) is 9.97 Å². The maximum Gasteiger partial charge on any atom is 0.242 e. The normalized spacial score (nSPS) is 16.6. The van der Waals surface area contributed by atoms with Crippen molar-refractivity contribution in [3.8, 4) is 0 Å². The lowest BCUT2D eigenvalue weighted by Gasteiger charge is -2.26. The highest BCUT2D eigenvalue weighted by Gasteiger charge is 2.26. The number of hydrogen-bond acceptors (Lipinski definition) is 7. The van der Waals surface area contributed by atoms with Crippen LogP contribution in [0.4, 0.5) is 11.8 Å². The number of aromatic nitrogens is 4. The smallest absolute Gasteiger partial charge is 0.242 e. The minimum atomic E-state index is -0.279. The van der Waals surface area contributed by atoms with Gasteiger partial charge in [0.1, 0.15) is 5.82 Å². The third kappa shape index (κ3) is 4.89. The van der Waals surface area contributed by atoms with Crippen LogP contribution < -0.4 is 9.80 Å². The molecule has 0 bridgehead atoms. The number of likely N-dealkylation sites (tertiary alicyclic amines) is 2. The van der Waals surface area contributed by atoms with Crippen molar-refractivity contribution in [2.24, 2.45) is 0 Å². The van der Waals surface area contributed by atoms with E-state index in [0.29, 0.717) is 17.4 Å². The van der Waals surface area contributed by atoms with Crippen LogP contribution in [0.3, 0.4) is 0 Å². The molecular formula is C23H36N8O2. The second-order valence-electron chi connectivity index (χ2n) is 10.2. The average molecular weight is 457 g/mol. The van der Waals surface area contributed by atoms with Crippen LogP contribution in [-0.2, 0) is 15.1 Å². The number of likely N-dealkylation sites (N-methyl/N-ethyl adjacent to an activating group) is 2. The number of anilines is 2. The molecule has 0 N–H and O–H groups in total. The standard InChI is InChI=1S/C23H36N8O2/c1-23(2,3)31-21-17(14-24-31)20(27(4)15-18(32)29-10-6-7-11-29)25-22(26-21)28(5)16-19(33)30-12-8-9-13-30/h14H,6-13,15-16H2,1-5H3. The molecule has 2 aromatic rings. The lowest BCUT2D eigenvalue weighted by molar-refractivity contribution is -0.129. The van der Waals surface area contributed by atoms with Crippen molar-refractivity contribution in [1.29, 1.82) is 0 Å². The summed E-state index contributed by atoms with van der Waals surface area (Å²) in [5, 5.41) is 5.39. The minimum Gasteiger partial charge on any atom is -0.350 e. The summed E-state index contributed by atoms with van der Waals surface area (Å²) in [4.78, 5) is 42.6. The van der Waals surface area contributed by atoms with Crippen molar-refractivity contribution >= 4 is 34.6 Å². The van der Waals surface area contributed by atoms with Gasteiger partial charge in [-0.15, -0.1) is 0 Å². The Bertz CT molecular complexity index is 1020. The predicted octanol–water partition coefficient (Wildman–Crippen LogP) is 1.70. The van der Waals surface area contributed by atoms with Crippen LogP contribution in [0, 0.1) is 0 Å². The van der Waals surface area contributed by atoms with E-state index >= 15 is 0 Å². The third-order valence-electron chi connectivity index (χ3n) is 6.40. The van der Waals surface area contributed by atoms with Crippen LogP contribution in [0.2, 0.25) is 0 Å². The highest BCUT2D eigenvalue weighted by molar-refractivity contribution is 5.91. The predicted molar refractivity (Wildman–Crippen MR) is 128 cm³/mol. The van der Waals surface area contributed by atoms with Crippen LogP contribution in [0.15, 0.2) is 6.20 Å². The monoisotopic (exact) mass is 456 g/mol. The highest BCUT2D eigenvalue weighted by Crippen LogP contribution is 2.29. The molecule has 0 aromatic carbocycles. The summed E-state index contributed by atoms with van der Waals surface area (Å²) in [5.74, 6) is 1.29. The Morgan fingerprint density at radius 3 is 1.91 bits per heavy atom. The first kappa shape index (κ1) is 23.3. The molecule has 0 spiro atoms. The van der Waals surface area contributed by atoms with E-state index in [1.807, 2.05) is 33.5 Å². The first-order valence-electron chi connectivity index (χ1n) is 11.9. The van der Waals surface area contributed by atoms with Crippen LogP contribution in [-0.4, -0.2) is 94.7 Å². The second kappa shape index (κ2) is 9.15. The lowest BCUT2D eigenvalue weighted by Crippen LogP contribution is -2.39. The van der Waals surface area contributed by atoms with Gasteiger partial charge in [0.05, 0.1) is 30.2 Å². The van der Waals surface area contributed by atoms with E-state index < -0.39 is 0 Å². The van der Waals surface area contributed by atoms with E-state index in [9.17, 15) is 9.59 Å². The van der Waals surface area contributed by atoms with Crippen LogP contribution in [0.1, 0.15) is 46.5 Å². The third-order valence-corrected chi connectivity index (χ3v) is 6.40. The number of carbonyl (C=O) groups is 2. The molecule has 0 saturated carbocycles. The number of fused-ring (bicyclic) bond motifs is 1. The zero-order valence-corrected chi connectivity index (χ0v) is 20.5. The van der Waals surface area contributed by atoms with E-state index in [0.717, 1.165) is 57.2 Å². The topological polar surface area (TPSA) is 90.7 Å². The van der Waals surface area contributed by atoms with E-state index in [2.05, 4.69) is 25.9 Å². The van der Waals surface area contributed by atoms with Crippen molar-refractivity contribution in [3.63, 3.8) is 0 Å². The van der Waals surface area contributed by atoms with Gasteiger partial charge in [-0.25, -0.2) is 4.68 Å². The lowest BCUT2D eigenvalue weighted by atomic mass is 10.1. The molecule has 0 atom stereocenters. The quantitative estimate of drug-likeness (QED) is 0.653. The van der Waals surface area contributed by atoms with Gasteiger partial charge >= 0.3 is 0 Å². The summed E-state index contributed by atoms with van der Waals surface area (Å²) in [7, 11) is 3.72. The molecule has 4 rings (SSSR count). The first-order valence-corrected chi connectivity index (χ1v) is 11.9. The zero-order chi connectivity index (χ0) is 23.8. The van der Waals surface area contributed by atoms with Crippen molar-refractivity contribution in [2.75, 3.05) is 63.2 Å². The molecule has 0 unspecified atom stereocenters. The van der Waals surface area contributed by atoms with Gasteiger partial charge in [0.15, 0.2) is 5.65 Å². The number of rotatable bonds is 6. The molecule has 2 aromatic heterocycles. The summed E-state index contributed by atoms with van der Waals surface area (Å²) in [6.07, 6.45) is 6.01. The van der Waals surface area contributed by atoms with Crippen LogP contribution in [0.25, 0.3) is 11.0 Å². The van der Waals surface area contributed by atoms with Crippen molar-refractivity contribution in [1.82, 2.24) is 29.5 Å². The maximum atomic E-state index is 12.8. The maximum absolute atomic E-state index is 12.8. The first-order chi connectivity index (χ1) is 15.6. The number of amides is 2. The van der Waals surface area contributed by atoms with Gasteiger partial charge in [-0.2, -0.15) is 15.1 Å². The molecule has 2 aliphatic rings. The van der Waals surface area contributed by atoms with Crippen molar-refractivity contribution in [3.05, 3.63) is 6.20 Å². The van der Waals surface area contributed by atoms with Gasteiger partial charge in [-0.05, 0) is 46.5 Å². The number of nitrogens with zero attached hydrogens (tertiary/aromatic N) is 8. The summed E-state index contributed by atoms with van der Waals surface area (Å²) < 4.78 is 1.88. The van der Waals surface area contributed by atoms with Crippen LogP contribution >= 0.6 is 0 Å². The molecule has 4 heterocycles. The van der Waals surface area contributed by atoms with E-state index in [1.165, 1.54) is 0 Å². The largest absolute Gasteiger partial charge is 0.350 e. The Balaban J connectivity index is 1.66. The molecule has 2 aliphatic heterocycles. The molecule has 180 valence electrons. The number of carbonyl (C=O) groups excluding carboxylic acids is 2. The van der Waals surface area contributed by atoms with Crippen molar-refractivity contribution in [2.45, 2.75) is 52.0 Å². The Hall–Kier alpha value is -2.91. The Labute approximate surface area is 195 Å². The number of hydrogen-bond donors (Lipinski definition) is 0. The zero-order valence-electron chi connectivity index (χ0n) is 20.5. The molecule has 0 aliphatic carbocycles. The summed E-state index contributed by atoms with van der Waals surface area (Å²) in [6, 6.07) is 0. The molecule has 2 fully saturated rings. The SMILES string of the molecule is CN(CC(=O)N1CCCC1)c1nc(N(C)CC(=O)N2CCCC2)c2cnn(C(C)(C)C)c2n1. The fraction of sp³-hybridized carbons (Fsp3) is 0.696. The van der Waals surface area contributed by atoms with Gasteiger partial charge in [-0.1, -0.05) is 0 Å². The van der Waals surface area contributed by atoms with E-state index in [1.54, 1.807) is 11.1 Å². The van der Waals surface area contributed by atoms with Gasteiger partial charge in [-0.3, -0.25) is 9.59 Å². The Morgan fingerprint density at radius 1 is 0.879 bits per heavy atom. The van der Waals surface area contributed by atoms with E-state index in [-0.39, 0.29) is 30.4 Å². The minimum absolute atomic E-state index is 0.0853. The van der Waals surface area contributed by atoms with Gasteiger partial charge in [0.2, 0.25) is 17.8 Å². The second-order valence-corrected chi connectivity index (χ2v) is 10.2. The molecular weight excluding hydrogens is 420 g/mol. The summed E-state index contributed by atoms with van der Waals surface area (Å²) >= 11 is 0. The molecule has 2 saturated heterocycles. The molecule has 10 heteroatoms. The van der Waals surface area contributed by atoms with Gasteiger partial charge < -0.3 is 19.6 Å². The summed E-state index contributed by atoms with van der Waals surface area (Å²) in [6.45, 7) is 9.94. The highest BCUT2D eigenvalue weighted by atomic mass is 16.2.